The number of hydrogen-bond acceptors (Lipinski definition) is 10. The minimum atomic E-state index is -0.632. The van der Waals surface area contributed by atoms with Crippen molar-refractivity contribution in [2.45, 2.75) is 25.9 Å². The summed E-state index contributed by atoms with van der Waals surface area (Å²) in [5.74, 6) is 0.473. The predicted molar refractivity (Wildman–Crippen MR) is 143 cm³/mol. The highest BCUT2D eigenvalue weighted by Gasteiger charge is 2.42. The molecule has 1 aromatic heterocycles. The number of hydrogen-bond donors (Lipinski definition) is 1. The number of nitrogens with one attached hydrogen (secondary N) is 1. The van der Waals surface area contributed by atoms with Crippen LogP contribution in [0.15, 0.2) is 70.1 Å². The summed E-state index contributed by atoms with van der Waals surface area (Å²) in [6, 6.07) is 8.49. The van der Waals surface area contributed by atoms with Crippen molar-refractivity contribution in [1.29, 1.82) is 0 Å². The number of aliphatic imine (C=N–C) groups is 1. The van der Waals surface area contributed by atoms with Gasteiger partial charge in [0.05, 0.1) is 44.6 Å². The first-order valence-corrected chi connectivity index (χ1v) is 12.8. The Morgan fingerprint density at radius 1 is 1.08 bits per heavy atom. The summed E-state index contributed by atoms with van der Waals surface area (Å²) in [4.78, 5) is 36.9. The van der Waals surface area contributed by atoms with Crippen LogP contribution in [0.1, 0.15) is 30.5 Å². The number of pyridine rings is 1. The highest BCUT2D eigenvalue weighted by atomic mass is 32.2. The number of rotatable bonds is 11. The molecule has 0 fully saturated rings. The van der Waals surface area contributed by atoms with Gasteiger partial charge in [-0.1, -0.05) is 11.8 Å². The van der Waals surface area contributed by atoms with Crippen LogP contribution in [0.3, 0.4) is 0 Å². The summed E-state index contributed by atoms with van der Waals surface area (Å²) in [6.45, 7) is 2.53. The average molecular weight is 539 g/mol. The van der Waals surface area contributed by atoms with E-state index < -0.39 is 12.0 Å². The van der Waals surface area contributed by atoms with Crippen molar-refractivity contribution >= 4 is 28.8 Å². The minimum Gasteiger partial charge on any atom is -0.497 e. The van der Waals surface area contributed by atoms with Gasteiger partial charge in [-0.2, -0.15) is 0 Å². The summed E-state index contributed by atoms with van der Waals surface area (Å²) in [6.07, 6.45) is 3.46. The molecule has 0 unspecified atom stereocenters. The SMILES string of the molecule is COCCOC(=O)C1=C(C)N=C2SC=C(CC(=O)NCc3ccncc3)N2[C@H]1c1ccc(OC)cc1OC. The number of nitrogens with zero attached hydrogens (tertiary/aromatic N) is 3. The Labute approximate surface area is 225 Å². The van der Waals surface area contributed by atoms with Gasteiger partial charge in [-0.3, -0.25) is 9.78 Å². The molecule has 0 bridgehead atoms. The molecule has 11 heteroatoms. The minimum absolute atomic E-state index is 0.0944. The zero-order chi connectivity index (χ0) is 27.1. The molecule has 4 rings (SSSR count). The molecule has 200 valence electrons. The summed E-state index contributed by atoms with van der Waals surface area (Å²) in [7, 11) is 4.68. The second-order valence-corrected chi connectivity index (χ2v) is 9.28. The lowest BCUT2D eigenvalue weighted by Crippen LogP contribution is -2.38. The van der Waals surface area contributed by atoms with Crippen LogP contribution in [0.2, 0.25) is 0 Å². The number of esters is 1. The second-order valence-electron chi connectivity index (χ2n) is 8.44. The molecule has 10 nitrogen and oxygen atoms in total. The summed E-state index contributed by atoms with van der Waals surface area (Å²) in [5.41, 5.74) is 3.26. The molecular weight excluding hydrogens is 508 g/mol. The van der Waals surface area contributed by atoms with E-state index in [-0.39, 0.29) is 25.5 Å². The van der Waals surface area contributed by atoms with Gasteiger partial charge in [0.1, 0.15) is 18.1 Å². The number of aromatic nitrogens is 1. The Morgan fingerprint density at radius 3 is 2.58 bits per heavy atom. The fraction of sp³-hybridized carbons (Fsp3) is 0.333. The number of methoxy groups -OCH3 is 3. The Balaban J connectivity index is 1.66. The number of carbonyl (C=O) groups excluding carboxylic acids is 2. The van der Waals surface area contributed by atoms with Crippen molar-refractivity contribution in [2.24, 2.45) is 4.99 Å². The van der Waals surface area contributed by atoms with Crippen LogP contribution >= 0.6 is 11.8 Å². The fourth-order valence-corrected chi connectivity index (χ4v) is 5.16. The monoisotopic (exact) mass is 538 g/mol. The van der Waals surface area contributed by atoms with Crippen molar-refractivity contribution < 1.29 is 28.5 Å². The first-order valence-electron chi connectivity index (χ1n) is 11.9. The van der Waals surface area contributed by atoms with Crippen LogP contribution in [-0.2, 0) is 25.6 Å². The van der Waals surface area contributed by atoms with E-state index in [1.807, 2.05) is 28.5 Å². The molecule has 2 aliphatic rings. The van der Waals surface area contributed by atoms with E-state index >= 15 is 0 Å². The molecule has 3 heterocycles. The third-order valence-electron chi connectivity index (χ3n) is 6.06. The van der Waals surface area contributed by atoms with E-state index in [1.165, 1.54) is 11.8 Å². The molecule has 1 aromatic carbocycles. The van der Waals surface area contributed by atoms with E-state index in [2.05, 4.69) is 15.3 Å². The van der Waals surface area contributed by atoms with Gasteiger partial charge in [0, 0.05) is 43.4 Å². The number of carbonyl (C=O) groups is 2. The largest absolute Gasteiger partial charge is 0.497 e. The number of thioether (sulfide) groups is 1. The van der Waals surface area contributed by atoms with Crippen LogP contribution < -0.4 is 14.8 Å². The van der Waals surface area contributed by atoms with Crippen LogP contribution in [0, 0.1) is 0 Å². The van der Waals surface area contributed by atoms with Gasteiger partial charge >= 0.3 is 5.97 Å². The van der Waals surface area contributed by atoms with Gasteiger partial charge in [-0.25, -0.2) is 9.79 Å². The zero-order valence-corrected chi connectivity index (χ0v) is 22.5. The Hall–Kier alpha value is -3.83. The smallest absolute Gasteiger partial charge is 0.338 e. The molecule has 1 atom stereocenters. The number of fused-ring (bicyclic) bond motifs is 1. The van der Waals surface area contributed by atoms with Crippen molar-refractivity contribution in [3.8, 4) is 11.5 Å². The predicted octanol–water partition coefficient (Wildman–Crippen LogP) is 3.57. The Kier molecular flexibility index (Phi) is 9.03. The molecule has 1 N–H and O–H groups in total. The topological polar surface area (TPSA) is 112 Å². The first kappa shape index (κ1) is 27.2. The number of benzene rings is 1. The van der Waals surface area contributed by atoms with Gasteiger partial charge in [0.2, 0.25) is 5.91 Å². The van der Waals surface area contributed by atoms with Gasteiger partial charge in [-0.05, 0) is 42.2 Å². The van der Waals surface area contributed by atoms with Crippen molar-refractivity contribution in [3.05, 3.63) is 76.2 Å². The molecular formula is C27H30N4O6S. The fourth-order valence-electron chi connectivity index (χ4n) is 4.19. The molecule has 0 saturated heterocycles. The third-order valence-corrected chi connectivity index (χ3v) is 6.95. The van der Waals surface area contributed by atoms with Crippen molar-refractivity contribution in [1.82, 2.24) is 15.2 Å². The van der Waals surface area contributed by atoms with Crippen LogP contribution in [0.5, 0.6) is 11.5 Å². The van der Waals surface area contributed by atoms with Crippen molar-refractivity contribution in [2.75, 3.05) is 34.5 Å². The summed E-state index contributed by atoms with van der Waals surface area (Å²) in [5, 5.41) is 5.50. The number of amidine groups is 1. The average Bonchev–Trinajstić information content (AvgIpc) is 3.33. The second kappa shape index (κ2) is 12.6. The highest BCUT2D eigenvalue weighted by molar-refractivity contribution is 8.16. The van der Waals surface area contributed by atoms with Crippen molar-refractivity contribution in [3.63, 3.8) is 0 Å². The van der Waals surface area contributed by atoms with E-state index in [0.29, 0.717) is 45.7 Å². The van der Waals surface area contributed by atoms with Gasteiger partial charge in [0.25, 0.3) is 0 Å². The summed E-state index contributed by atoms with van der Waals surface area (Å²) >= 11 is 1.40. The quantitative estimate of drug-likeness (QED) is 0.339. The standard InChI is InChI=1S/C27H30N4O6S/c1-17-24(26(33)37-12-11-34-2)25(21-6-5-20(35-3)14-22(21)36-4)31-19(16-38-27(31)30-17)13-23(32)29-15-18-7-9-28-10-8-18/h5-10,14,16,25H,11-13,15H2,1-4H3,(H,29,32)/t25-/m0/s1. The number of ether oxygens (including phenoxy) is 4. The Morgan fingerprint density at radius 2 is 1.87 bits per heavy atom. The zero-order valence-electron chi connectivity index (χ0n) is 21.7. The Bertz CT molecular complexity index is 1280. The lowest BCUT2D eigenvalue weighted by molar-refractivity contribution is -0.141. The third kappa shape index (κ3) is 6.00. The van der Waals surface area contributed by atoms with Crippen LogP contribution in [0.25, 0.3) is 0 Å². The van der Waals surface area contributed by atoms with Gasteiger partial charge < -0.3 is 29.2 Å². The maximum Gasteiger partial charge on any atom is 0.338 e. The van der Waals surface area contributed by atoms with E-state index in [4.69, 9.17) is 18.9 Å². The molecule has 1 amide bonds. The lowest BCUT2D eigenvalue weighted by Gasteiger charge is -2.36. The molecule has 0 radical (unpaired) electrons. The molecule has 0 aliphatic carbocycles. The summed E-state index contributed by atoms with van der Waals surface area (Å²) < 4.78 is 21.6. The molecule has 2 aliphatic heterocycles. The van der Waals surface area contributed by atoms with Crippen LogP contribution in [0.4, 0.5) is 0 Å². The molecule has 38 heavy (non-hydrogen) atoms. The van der Waals surface area contributed by atoms with E-state index in [1.54, 1.807) is 52.8 Å². The molecule has 0 spiro atoms. The lowest BCUT2D eigenvalue weighted by atomic mass is 9.93. The normalized spacial score (nSPS) is 16.4. The maximum atomic E-state index is 13.4. The van der Waals surface area contributed by atoms with Gasteiger partial charge in [-0.15, -0.1) is 0 Å². The number of amides is 1. The van der Waals surface area contributed by atoms with E-state index in [9.17, 15) is 9.59 Å². The molecule has 2 aromatic rings. The maximum absolute atomic E-state index is 13.4. The number of allylic oxidation sites excluding steroid dienone is 1. The van der Waals surface area contributed by atoms with E-state index in [0.717, 1.165) is 5.56 Å². The van der Waals surface area contributed by atoms with Gasteiger partial charge in [0.15, 0.2) is 5.17 Å². The molecule has 0 saturated carbocycles. The first-order chi connectivity index (χ1) is 18.5. The highest BCUT2D eigenvalue weighted by Crippen LogP contribution is 2.47. The van der Waals surface area contributed by atoms with Crippen LogP contribution in [-0.4, -0.2) is 61.5 Å².